The first-order chi connectivity index (χ1) is 16.1. The third kappa shape index (κ3) is 5.06. The average Bonchev–Trinajstić information content (AvgIpc) is 2.87. The molecule has 0 aliphatic carbocycles. The second-order valence-corrected chi connectivity index (χ2v) is 7.78. The lowest BCUT2D eigenvalue weighted by Gasteiger charge is -2.36. The number of nitrogens with zero attached hydrogens (tertiary/aromatic N) is 3. The van der Waals surface area contributed by atoms with E-state index in [1.165, 1.54) is 6.07 Å². The Balaban J connectivity index is 1.44. The van der Waals surface area contributed by atoms with Crippen LogP contribution in [0.4, 0.5) is 17.1 Å². The van der Waals surface area contributed by atoms with Crippen molar-refractivity contribution in [2.45, 2.75) is 6.54 Å². The number of ether oxygens (including phenoxy) is 1. The van der Waals surface area contributed by atoms with Crippen LogP contribution >= 0.6 is 0 Å². The molecule has 1 aliphatic heterocycles. The minimum Gasteiger partial charge on any atom is -0.495 e. The van der Waals surface area contributed by atoms with Crippen LogP contribution in [0, 0.1) is 10.1 Å². The number of carbonyl (C=O) groups is 1. The molecule has 1 amide bonds. The second-order valence-electron chi connectivity index (χ2n) is 7.78. The van der Waals surface area contributed by atoms with Gasteiger partial charge in [-0.3, -0.25) is 14.9 Å². The van der Waals surface area contributed by atoms with Crippen molar-refractivity contribution < 1.29 is 14.5 Å². The fourth-order valence-electron chi connectivity index (χ4n) is 3.98. The summed E-state index contributed by atoms with van der Waals surface area (Å²) in [5, 5.41) is 14.8. The van der Waals surface area contributed by atoms with Gasteiger partial charge in [0.1, 0.15) is 11.4 Å². The SMILES string of the molecule is COc1ccccc1N1CCN(C(=O)c2ccc(NCc3ccccc3)c([N+](=O)[O-])c2)CC1. The summed E-state index contributed by atoms with van der Waals surface area (Å²) >= 11 is 0. The van der Waals surface area contributed by atoms with E-state index in [-0.39, 0.29) is 11.6 Å². The van der Waals surface area contributed by atoms with E-state index < -0.39 is 4.92 Å². The summed E-state index contributed by atoms with van der Waals surface area (Å²) in [6.07, 6.45) is 0. The lowest BCUT2D eigenvalue weighted by molar-refractivity contribution is -0.384. The summed E-state index contributed by atoms with van der Waals surface area (Å²) in [6, 6.07) is 22.1. The molecule has 1 fully saturated rings. The molecule has 3 aromatic rings. The molecule has 33 heavy (non-hydrogen) atoms. The van der Waals surface area contributed by atoms with Gasteiger partial charge in [0.2, 0.25) is 0 Å². The summed E-state index contributed by atoms with van der Waals surface area (Å²) in [6.45, 7) is 2.83. The highest BCUT2D eigenvalue weighted by Crippen LogP contribution is 2.30. The van der Waals surface area contributed by atoms with Gasteiger partial charge in [0, 0.05) is 44.4 Å². The first kappa shape index (κ1) is 22.1. The van der Waals surface area contributed by atoms with Crippen LogP contribution in [0.25, 0.3) is 0 Å². The van der Waals surface area contributed by atoms with E-state index in [1.807, 2.05) is 54.6 Å². The number of hydrogen-bond acceptors (Lipinski definition) is 6. The van der Waals surface area contributed by atoms with E-state index >= 15 is 0 Å². The third-order valence-corrected chi connectivity index (χ3v) is 5.76. The number of carbonyl (C=O) groups excluding carboxylic acids is 1. The number of methoxy groups -OCH3 is 1. The number of anilines is 2. The van der Waals surface area contributed by atoms with E-state index in [2.05, 4.69) is 10.2 Å². The summed E-state index contributed by atoms with van der Waals surface area (Å²) in [5.41, 5.74) is 2.61. The van der Waals surface area contributed by atoms with E-state index in [0.29, 0.717) is 44.0 Å². The summed E-state index contributed by atoms with van der Waals surface area (Å²) in [4.78, 5) is 28.2. The maximum Gasteiger partial charge on any atom is 0.293 e. The van der Waals surface area contributed by atoms with Gasteiger partial charge in [-0.25, -0.2) is 0 Å². The molecule has 0 bridgehead atoms. The normalized spacial score (nSPS) is 13.5. The number of hydrogen-bond donors (Lipinski definition) is 1. The predicted octanol–water partition coefficient (Wildman–Crippen LogP) is 4.18. The number of nitro benzene ring substituents is 1. The van der Waals surface area contributed by atoms with Gasteiger partial charge in [0.05, 0.1) is 17.7 Å². The molecular formula is C25H26N4O4. The Labute approximate surface area is 192 Å². The van der Waals surface area contributed by atoms with Crippen LogP contribution in [0.5, 0.6) is 5.75 Å². The number of nitrogens with one attached hydrogen (secondary N) is 1. The molecule has 1 saturated heterocycles. The maximum atomic E-state index is 13.1. The van der Waals surface area contributed by atoms with Crippen LogP contribution in [-0.4, -0.2) is 49.0 Å². The lowest BCUT2D eigenvalue weighted by atomic mass is 10.1. The molecule has 0 saturated carbocycles. The Morgan fingerprint density at radius 1 is 1.00 bits per heavy atom. The molecule has 0 spiro atoms. The van der Waals surface area contributed by atoms with E-state index in [1.54, 1.807) is 24.1 Å². The van der Waals surface area contributed by atoms with Crippen LogP contribution in [0.3, 0.4) is 0 Å². The van der Waals surface area contributed by atoms with Crippen molar-refractivity contribution in [2.75, 3.05) is 43.5 Å². The highest BCUT2D eigenvalue weighted by molar-refractivity contribution is 5.96. The van der Waals surface area contributed by atoms with Crippen molar-refractivity contribution in [3.05, 3.63) is 94.0 Å². The van der Waals surface area contributed by atoms with Gasteiger partial charge in [-0.15, -0.1) is 0 Å². The molecule has 0 atom stereocenters. The smallest absolute Gasteiger partial charge is 0.293 e. The largest absolute Gasteiger partial charge is 0.495 e. The average molecular weight is 447 g/mol. The van der Waals surface area contributed by atoms with Crippen LogP contribution < -0.4 is 15.0 Å². The highest BCUT2D eigenvalue weighted by Gasteiger charge is 2.25. The number of amides is 1. The highest BCUT2D eigenvalue weighted by atomic mass is 16.6. The van der Waals surface area contributed by atoms with Crippen LogP contribution in [-0.2, 0) is 6.54 Å². The summed E-state index contributed by atoms with van der Waals surface area (Å²) in [7, 11) is 1.64. The van der Waals surface area contributed by atoms with Crippen LogP contribution in [0.1, 0.15) is 15.9 Å². The first-order valence-electron chi connectivity index (χ1n) is 10.8. The fourth-order valence-corrected chi connectivity index (χ4v) is 3.98. The molecular weight excluding hydrogens is 420 g/mol. The Morgan fingerprint density at radius 2 is 1.70 bits per heavy atom. The van der Waals surface area contributed by atoms with Crippen LogP contribution in [0.2, 0.25) is 0 Å². The topological polar surface area (TPSA) is 88.0 Å². The molecule has 0 aromatic heterocycles. The van der Waals surface area contributed by atoms with Crippen molar-refractivity contribution in [1.29, 1.82) is 0 Å². The Bertz CT molecular complexity index is 1130. The van der Waals surface area contributed by atoms with E-state index in [9.17, 15) is 14.9 Å². The van der Waals surface area contributed by atoms with Crippen molar-refractivity contribution in [3.8, 4) is 5.75 Å². The van der Waals surface area contributed by atoms with Crippen molar-refractivity contribution in [2.24, 2.45) is 0 Å². The Kier molecular flexibility index (Phi) is 6.73. The minimum atomic E-state index is -0.455. The van der Waals surface area contributed by atoms with Gasteiger partial charge < -0.3 is 19.9 Å². The molecule has 8 heteroatoms. The van der Waals surface area contributed by atoms with Crippen LogP contribution in [0.15, 0.2) is 72.8 Å². The number of nitro groups is 1. The van der Waals surface area contributed by atoms with Crippen molar-refractivity contribution in [3.63, 3.8) is 0 Å². The fraction of sp³-hybridized carbons (Fsp3) is 0.240. The summed E-state index contributed by atoms with van der Waals surface area (Å²) in [5.74, 6) is 0.596. The molecule has 1 heterocycles. The number of para-hydroxylation sites is 2. The van der Waals surface area contributed by atoms with Gasteiger partial charge in [-0.05, 0) is 29.8 Å². The quantitative estimate of drug-likeness (QED) is 0.433. The third-order valence-electron chi connectivity index (χ3n) is 5.76. The second kappa shape index (κ2) is 10.0. The van der Waals surface area contributed by atoms with Gasteiger partial charge in [0.25, 0.3) is 11.6 Å². The summed E-state index contributed by atoms with van der Waals surface area (Å²) < 4.78 is 5.45. The first-order valence-corrected chi connectivity index (χ1v) is 10.8. The standard InChI is InChI=1S/C25H26N4O4/c1-33-24-10-6-5-9-22(24)27-13-15-28(16-14-27)25(30)20-11-12-21(23(17-20)29(31)32)26-18-19-7-3-2-4-8-19/h2-12,17,26H,13-16,18H2,1H3. The zero-order valence-electron chi connectivity index (χ0n) is 18.4. The lowest BCUT2D eigenvalue weighted by Crippen LogP contribution is -2.48. The number of rotatable bonds is 7. The molecule has 1 aliphatic rings. The monoisotopic (exact) mass is 446 g/mol. The maximum absolute atomic E-state index is 13.1. The molecule has 1 N–H and O–H groups in total. The van der Waals surface area contributed by atoms with E-state index in [4.69, 9.17) is 4.74 Å². The molecule has 8 nitrogen and oxygen atoms in total. The Morgan fingerprint density at radius 3 is 2.39 bits per heavy atom. The molecule has 3 aromatic carbocycles. The number of benzene rings is 3. The van der Waals surface area contributed by atoms with Gasteiger partial charge in [0.15, 0.2) is 0 Å². The van der Waals surface area contributed by atoms with Gasteiger partial charge in [-0.1, -0.05) is 42.5 Å². The van der Waals surface area contributed by atoms with Crippen molar-refractivity contribution >= 4 is 23.0 Å². The van der Waals surface area contributed by atoms with Gasteiger partial charge >= 0.3 is 0 Å². The zero-order valence-corrected chi connectivity index (χ0v) is 18.4. The minimum absolute atomic E-state index is 0.107. The van der Waals surface area contributed by atoms with Gasteiger partial charge in [-0.2, -0.15) is 0 Å². The molecule has 170 valence electrons. The molecule has 0 unspecified atom stereocenters. The predicted molar refractivity (Wildman–Crippen MR) is 128 cm³/mol. The van der Waals surface area contributed by atoms with E-state index in [0.717, 1.165) is 17.0 Å². The van der Waals surface area contributed by atoms with Crippen molar-refractivity contribution in [1.82, 2.24) is 4.90 Å². The number of piperazine rings is 1. The molecule has 0 radical (unpaired) electrons. The molecule has 4 rings (SSSR count). The Hall–Kier alpha value is -4.07. The zero-order chi connectivity index (χ0) is 23.2.